The second-order valence-corrected chi connectivity index (χ2v) is 9.70. The molecular weight excluding hydrogens is 397 g/mol. The Morgan fingerprint density at radius 2 is 1.76 bits per heavy atom. The summed E-state index contributed by atoms with van der Waals surface area (Å²) in [6.07, 6.45) is 1.35. The van der Waals surface area contributed by atoms with Crippen LogP contribution in [-0.2, 0) is 11.0 Å². The molecule has 4 aliphatic carbocycles. The van der Waals surface area contributed by atoms with E-state index in [9.17, 15) is 18.0 Å². The SMILES string of the molecule is O=C(NNc1ccccc1C(F)(F)F)C12CC3CC(CC(Br)(C3)C1)C2. The summed E-state index contributed by atoms with van der Waals surface area (Å²) in [4.78, 5) is 12.9. The van der Waals surface area contributed by atoms with E-state index in [2.05, 4.69) is 26.8 Å². The van der Waals surface area contributed by atoms with Gasteiger partial charge in [-0.1, -0.05) is 28.1 Å². The maximum Gasteiger partial charge on any atom is 0.418 e. The monoisotopic (exact) mass is 416 g/mol. The molecule has 0 radical (unpaired) electrons. The minimum Gasteiger partial charge on any atom is -0.298 e. The molecular formula is C18H20BrF3N2O. The molecule has 4 saturated carbocycles. The van der Waals surface area contributed by atoms with Crippen LogP contribution in [0.2, 0.25) is 0 Å². The van der Waals surface area contributed by atoms with Crippen LogP contribution in [0.1, 0.15) is 44.1 Å². The molecule has 2 unspecified atom stereocenters. The van der Waals surface area contributed by atoms with Crippen molar-refractivity contribution in [1.82, 2.24) is 5.43 Å². The molecule has 4 fully saturated rings. The van der Waals surface area contributed by atoms with Crippen LogP contribution in [0.15, 0.2) is 24.3 Å². The van der Waals surface area contributed by atoms with Gasteiger partial charge in [0.25, 0.3) is 0 Å². The summed E-state index contributed by atoms with van der Waals surface area (Å²) in [6, 6.07) is 5.19. The Morgan fingerprint density at radius 1 is 1.12 bits per heavy atom. The summed E-state index contributed by atoms with van der Waals surface area (Å²) in [7, 11) is 0. The Hall–Kier alpha value is -1.24. The molecule has 25 heavy (non-hydrogen) atoms. The Morgan fingerprint density at radius 3 is 2.36 bits per heavy atom. The lowest BCUT2D eigenvalue weighted by Gasteiger charge is -2.59. The van der Waals surface area contributed by atoms with E-state index in [1.165, 1.54) is 24.6 Å². The molecule has 2 atom stereocenters. The first-order valence-corrected chi connectivity index (χ1v) is 9.40. The average molecular weight is 417 g/mol. The van der Waals surface area contributed by atoms with Crippen LogP contribution in [0.4, 0.5) is 18.9 Å². The number of amides is 1. The standard InChI is InChI=1S/C18H20BrF3N2O/c19-17-8-11-5-12(9-17)7-16(6-11,10-17)15(25)24-23-14-4-2-1-3-13(14)18(20,21)22/h1-4,11-12,23H,5-10H2,(H,24,25). The first-order chi connectivity index (χ1) is 11.7. The molecule has 1 amide bonds. The molecule has 7 heteroatoms. The lowest BCUT2D eigenvalue weighted by atomic mass is 9.49. The summed E-state index contributed by atoms with van der Waals surface area (Å²) >= 11 is 3.85. The van der Waals surface area contributed by atoms with Crippen molar-refractivity contribution in [2.75, 3.05) is 5.43 Å². The van der Waals surface area contributed by atoms with Crippen molar-refractivity contribution in [2.24, 2.45) is 17.3 Å². The number of alkyl halides is 4. The number of nitrogens with one attached hydrogen (secondary N) is 2. The second-order valence-electron chi connectivity index (χ2n) is 8.01. The molecule has 3 nitrogen and oxygen atoms in total. The number of rotatable bonds is 3. The molecule has 1 aromatic carbocycles. The van der Waals surface area contributed by atoms with Crippen molar-refractivity contribution in [3.8, 4) is 0 Å². The van der Waals surface area contributed by atoms with Gasteiger partial charge in [0.05, 0.1) is 16.7 Å². The molecule has 0 aromatic heterocycles. The fraction of sp³-hybridized carbons (Fsp3) is 0.611. The predicted octanol–water partition coefficient (Wildman–Crippen LogP) is 4.88. The maximum atomic E-state index is 13.1. The van der Waals surface area contributed by atoms with Crippen LogP contribution in [0.3, 0.4) is 0 Å². The van der Waals surface area contributed by atoms with Gasteiger partial charge < -0.3 is 0 Å². The third-order valence-corrected chi connectivity index (χ3v) is 6.94. The van der Waals surface area contributed by atoms with Gasteiger partial charge in [0, 0.05) is 4.32 Å². The predicted molar refractivity (Wildman–Crippen MR) is 92.0 cm³/mol. The van der Waals surface area contributed by atoms with Gasteiger partial charge in [0.2, 0.25) is 5.91 Å². The molecule has 0 aliphatic heterocycles. The smallest absolute Gasteiger partial charge is 0.298 e. The van der Waals surface area contributed by atoms with Crippen LogP contribution in [-0.4, -0.2) is 10.2 Å². The molecule has 0 spiro atoms. The van der Waals surface area contributed by atoms with E-state index >= 15 is 0 Å². The van der Waals surface area contributed by atoms with E-state index in [1.807, 2.05) is 0 Å². The molecule has 5 rings (SSSR count). The van der Waals surface area contributed by atoms with Gasteiger partial charge in [-0.25, -0.2) is 0 Å². The van der Waals surface area contributed by atoms with Gasteiger partial charge in [-0.05, 0) is 62.5 Å². The van der Waals surface area contributed by atoms with E-state index in [0.717, 1.165) is 38.2 Å². The van der Waals surface area contributed by atoms with Crippen molar-refractivity contribution < 1.29 is 18.0 Å². The van der Waals surface area contributed by atoms with E-state index < -0.39 is 17.2 Å². The van der Waals surface area contributed by atoms with Crippen LogP contribution >= 0.6 is 15.9 Å². The van der Waals surface area contributed by atoms with Crippen LogP contribution < -0.4 is 10.9 Å². The van der Waals surface area contributed by atoms with Gasteiger partial charge in [-0.3, -0.25) is 15.6 Å². The zero-order valence-electron chi connectivity index (χ0n) is 13.6. The number of hydrogen-bond donors (Lipinski definition) is 2. The highest BCUT2D eigenvalue weighted by Gasteiger charge is 2.59. The molecule has 2 N–H and O–H groups in total. The highest BCUT2D eigenvalue weighted by Crippen LogP contribution is 2.64. The molecule has 4 aliphatic rings. The first kappa shape index (κ1) is 17.2. The minimum absolute atomic E-state index is 0.0261. The lowest BCUT2D eigenvalue weighted by Crippen LogP contribution is -2.58. The van der Waals surface area contributed by atoms with Crippen molar-refractivity contribution in [3.05, 3.63) is 29.8 Å². The maximum absolute atomic E-state index is 13.1. The number of hydrazine groups is 1. The third-order valence-electron chi connectivity index (χ3n) is 6.01. The van der Waals surface area contributed by atoms with Crippen molar-refractivity contribution in [2.45, 2.75) is 49.0 Å². The summed E-state index contributed by atoms with van der Waals surface area (Å²) < 4.78 is 39.3. The first-order valence-electron chi connectivity index (χ1n) is 8.61. The van der Waals surface area contributed by atoms with Gasteiger partial charge in [0.15, 0.2) is 0 Å². The number of carbonyl (C=O) groups excluding carboxylic acids is 1. The number of hydrogen-bond acceptors (Lipinski definition) is 2. The molecule has 4 bridgehead atoms. The quantitative estimate of drug-likeness (QED) is 0.544. The van der Waals surface area contributed by atoms with Crippen LogP contribution in [0, 0.1) is 17.3 Å². The fourth-order valence-electron chi connectivity index (χ4n) is 5.51. The van der Waals surface area contributed by atoms with Gasteiger partial charge in [0.1, 0.15) is 0 Å². The van der Waals surface area contributed by atoms with E-state index in [1.54, 1.807) is 0 Å². The third kappa shape index (κ3) is 3.04. The van der Waals surface area contributed by atoms with Gasteiger partial charge in [-0.15, -0.1) is 0 Å². The highest BCUT2D eigenvalue weighted by molar-refractivity contribution is 9.10. The number of anilines is 1. The molecule has 0 heterocycles. The summed E-state index contributed by atoms with van der Waals surface area (Å²) in [5.74, 6) is 0.894. The van der Waals surface area contributed by atoms with Crippen molar-refractivity contribution >= 4 is 27.5 Å². The summed E-state index contributed by atoms with van der Waals surface area (Å²) in [6.45, 7) is 0. The molecule has 136 valence electrons. The van der Waals surface area contributed by atoms with Gasteiger partial charge in [-0.2, -0.15) is 13.2 Å². The highest BCUT2D eigenvalue weighted by atomic mass is 79.9. The zero-order valence-corrected chi connectivity index (χ0v) is 15.2. The van der Waals surface area contributed by atoms with Crippen molar-refractivity contribution in [3.63, 3.8) is 0 Å². The summed E-state index contributed by atoms with van der Waals surface area (Å²) in [5.41, 5.74) is 3.73. The Balaban J connectivity index is 1.51. The molecule has 0 saturated heterocycles. The second kappa shape index (κ2) is 5.63. The number of halogens is 4. The number of benzene rings is 1. The largest absolute Gasteiger partial charge is 0.418 e. The van der Waals surface area contributed by atoms with Gasteiger partial charge >= 0.3 is 6.18 Å². The fourth-order valence-corrected chi connectivity index (χ4v) is 6.96. The Labute approximate surface area is 152 Å². The van der Waals surface area contributed by atoms with E-state index in [4.69, 9.17) is 0 Å². The zero-order chi connectivity index (χ0) is 17.9. The van der Waals surface area contributed by atoms with Crippen LogP contribution in [0.25, 0.3) is 0 Å². The van der Waals surface area contributed by atoms with Crippen molar-refractivity contribution in [1.29, 1.82) is 0 Å². The average Bonchev–Trinajstić information content (AvgIpc) is 2.49. The Kier molecular flexibility index (Phi) is 3.87. The topological polar surface area (TPSA) is 41.1 Å². The number of para-hydroxylation sites is 1. The van der Waals surface area contributed by atoms with E-state index in [0.29, 0.717) is 11.8 Å². The van der Waals surface area contributed by atoms with Crippen LogP contribution in [0.5, 0.6) is 0 Å². The molecule has 1 aromatic rings. The summed E-state index contributed by atoms with van der Waals surface area (Å²) in [5, 5.41) is 0. The lowest BCUT2D eigenvalue weighted by molar-refractivity contribution is -0.143. The van der Waals surface area contributed by atoms with E-state index in [-0.39, 0.29) is 15.9 Å². The number of carbonyl (C=O) groups is 1. The minimum atomic E-state index is -4.46. The normalized spacial score (nSPS) is 36.3. The Bertz CT molecular complexity index is 692.